The Morgan fingerprint density at radius 2 is 2.11 bits per heavy atom. The van der Waals surface area contributed by atoms with E-state index in [1.165, 1.54) is 6.42 Å². The molecule has 0 amide bonds. The van der Waals surface area contributed by atoms with Gasteiger partial charge in [0, 0.05) is 37.3 Å². The summed E-state index contributed by atoms with van der Waals surface area (Å²) in [4.78, 5) is 2.58. The van der Waals surface area contributed by atoms with Crippen LogP contribution in [0.5, 0.6) is 0 Å². The Kier molecular flexibility index (Phi) is 6.16. The van der Waals surface area contributed by atoms with Gasteiger partial charge in [-0.2, -0.15) is 0 Å². The summed E-state index contributed by atoms with van der Waals surface area (Å²) >= 11 is 5.69. The number of hydrogen-bond acceptors (Lipinski definition) is 2. The van der Waals surface area contributed by atoms with Gasteiger partial charge < -0.3 is 5.32 Å². The molecule has 1 fully saturated rings. The maximum Gasteiger partial charge on any atom is 0.0250 e. The van der Waals surface area contributed by atoms with Crippen LogP contribution in [-0.4, -0.2) is 36.6 Å². The third-order valence-electron chi connectivity index (χ3n) is 4.23. The van der Waals surface area contributed by atoms with Crippen LogP contribution in [0.1, 0.15) is 41.0 Å². The second-order valence-corrected chi connectivity index (χ2v) is 6.85. The highest BCUT2D eigenvalue weighted by Gasteiger charge is 2.35. The van der Waals surface area contributed by atoms with Crippen LogP contribution >= 0.6 is 11.6 Å². The lowest BCUT2D eigenvalue weighted by atomic mass is 9.83. The topological polar surface area (TPSA) is 15.3 Å². The zero-order chi connectivity index (χ0) is 13.8. The largest absolute Gasteiger partial charge is 0.311 e. The van der Waals surface area contributed by atoms with Crippen LogP contribution < -0.4 is 5.32 Å². The molecule has 3 unspecified atom stereocenters. The molecule has 0 saturated carbocycles. The number of nitrogens with one attached hydrogen (secondary N) is 1. The highest BCUT2D eigenvalue weighted by molar-refractivity contribution is 6.25. The van der Waals surface area contributed by atoms with E-state index in [-0.39, 0.29) is 0 Å². The van der Waals surface area contributed by atoms with E-state index in [1.54, 1.807) is 5.54 Å². The van der Waals surface area contributed by atoms with Gasteiger partial charge in [0.25, 0.3) is 0 Å². The number of halogens is 1. The molecule has 1 aliphatic rings. The first-order chi connectivity index (χ1) is 8.40. The fraction of sp³-hybridized carbons (Fsp3) is 0.867. The molecule has 1 heterocycles. The van der Waals surface area contributed by atoms with Gasteiger partial charge in [0.2, 0.25) is 0 Å². The fourth-order valence-corrected chi connectivity index (χ4v) is 2.70. The van der Waals surface area contributed by atoms with Gasteiger partial charge >= 0.3 is 0 Å². The van der Waals surface area contributed by atoms with E-state index in [9.17, 15) is 0 Å². The van der Waals surface area contributed by atoms with Crippen molar-refractivity contribution in [1.82, 2.24) is 10.2 Å². The normalized spacial score (nSPS) is 28.8. The Bertz CT molecular complexity index is 270. The van der Waals surface area contributed by atoms with Crippen molar-refractivity contribution in [2.24, 2.45) is 11.3 Å². The standard InChI is InChI=1S/C15H29ClN2/c1-6-12(2)13-10-17-14(15(3,4)5)11-18(13)9-7-8-16/h7-8,12-14,17H,6,9-11H2,1-5H3/b8-7+. The van der Waals surface area contributed by atoms with Gasteiger partial charge in [-0.15, -0.1) is 0 Å². The van der Waals surface area contributed by atoms with Crippen LogP contribution in [0, 0.1) is 11.3 Å². The zero-order valence-electron chi connectivity index (χ0n) is 12.5. The molecule has 0 spiro atoms. The summed E-state index contributed by atoms with van der Waals surface area (Å²) in [6, 6.07) is 1.18. The summed E-state index contributed by atoms with van der Waals surface area (Å²) in [6.07, 6.45) is 3.29. The van der Waals surface area contributed by atoms with E-state index in [0.29, 0.717) is 17.5 Å². The fourth-order valence-electron chi connectivity index (χ4n) is 2.62. The van der Waals surface area contributed by atoms with Gasteiger partial charge in [0.15, 0.2) is 0 Å². The monoisotopic (exact) mass is 272 g/mol. The van der Waals surface area contributed by atoms with E-state index < -0.39 is 0 Å². The third-order valence-corrected chi connectivity index (χ3v) is 4.41. The number of piperazine rings is 1. The highest BCUT2D eigenvalue weighted by Crippen LogP contribution is 2.26. The van der Waals surface area contributed by atoms with E-state index in [1.807, 2.05) is 0 Å². The molecule has 0 aromatic rings. The lowest BCUT2D eigenvalue weighted by molar-refractivity contribution is 0.0678. The van der Waals surface area contributed by atoms with Crippen LogP contribution in [0.4, 0.5) is 0 Å². The first-order valence-corrected chi connectivity index (χ1v) is 7.56. The highest BCUT2D eigenvalue weighted by atomic mass is 35.5. The molecule has 106 valence electrons. The van der Waals surface area contributed by atoms with Crippen LogP contribution in [0.3, 0.4) is 0 Å². The Balaban J connectivity index is 2.72. The van der Waals surface area contributed by atoms with Gasteiger partial charge in [-0.1, -0.05) is 58.7 Å². The minimum atomic E-state index is 0.309. The second-order valence-electron chi connectivity index (χ2n) is 6.60. The Hall–Kier alpha value is -0.0500. The van der Waals surface area contributed by atoms with E-state index in [2.05, 4.69) is 50.9 Å². The van der Waals surface area contributed by atoms with Gasteiger partial charge in [-0.25, -0.2) is 0 Å². The van der Waals surface area contributed by atoms with Crippen molar-refractivity contribution in [3.63, 3.8) is 0 Å². The number of hydrogen-bond donors (Lipinski definition) is 1. The van der Waals surface area contributed by atoms with Crippen molar-refractivity contribution in [3.8, 4) is 0 Å². The molecular formula is C15H29ClN2. The first-order valence-electron chi connectivity index (χ1n) is 7.12. The Morgan fingerprint density at radius 3 is 2.61 bits per heavy atom. The minimum Gasteiger partial charge on any atom is -0.311 e. The van der Waals surface area contributed by atoms with E-state index >= 15 is 0 Å². The van der Waals surface area contributed by atoms with Crippen molar-refractivity contribution < 1.29 is 0 Å². The smallest absolute Gasteiger partial charge is 0.0250 e. The van der Waals surface area contributed by atoms with Crippen molar-refractivity contribution >= 4 is 11.6 Å². The molecule has 3 heteroatoms. The van der Waals surface area contributed by atoms with Gasteiger partial charge in [0.05, 0.1) is 0 Å². The average molecular weight is 273 g/mol. The van der Waals surface area contributed by atoms with Gasteiger partial charge in [-0.3, -0.25) is 4.90 Å². The van der Waals surface area contributed by atoms with Crippen LogP contribution in [0.15, 0.2) is 11.6 Å². The molecule has 0 aliphatic carbocycles. The summed E-state index contributed by atoms with van der Waals surface area (Å²) in [7, 11) is 0. The number of nitrogens with zero attached hydrogens (tertiary/aromatic N) is 1. The lowest BCUT2D eigenvalue weighted by Crippen LogP contribution is -2.61. The van der Waals surface area contributed by atoms with Crippen molar-refractivity contribution in [3.05, 3.63) is 11.6 Å². The minimum absolute atomic E-state index is 0.309. The molecule has 18 heavy (non-hydrogen) atoms. The second kappa shape index (κ2) is 6.93. The molecule has 1 rings (SSSR count). The molecule has 0 aromatic carbocycles. The zero-order valence-corrected chi connectivity index (χ0v) is 13.3. The molecule has 2 nitrogen and oxygen atoms in total. The summed E-state index contributed by atoms with van der Waals surface area (Å²) in [6.45, 7) is 14.7. The molecule has 1 aliphatic heterocycles. The van der Waals surface area contributed by atoms with Gasteiger partial charge in [-0.05, 0) is 11.3 Å². The predicted octanol–water partition coefficient (Wildman–Crippen LogP) is 3.47. The summed E-state index contributed by atoms with van der Waals surface area (Å²) in [5, 5.41) is 3.73. The molecular weight excluding hydrogens is 244 g/mol. The Morgan fingerprint density at radius 1 is 1.44 bits per heavy atom. The molecule has 0 aromatic heterocycles. The molecule has 0 bridgehead atoms. The van der Waals surface area contributed by atoms with Crippen molar-refractivity contribution in [1.29, 1.82) is 0 Å². The molecule has 3 atom stereocenters. The molecule has 1 N–H and O–H groups in total. The van der Waals surface area contributed by atoms with Crippen LogP contribution in [0.2, 0.25) is 0 Å². The SMILES string of the molecule is CCC(C)C1CNC(C(C)(C)C)CN1C/C=C/Cl. The van der Waals surface area contributed by atoms with Crippen molar-refractivity contribution in [2.45, 2.75) is 53.1 Å². The summed E-state index contributed by atoms with van der Waals surface area (Å²) < 4.78 is 0. The lowest BCUT2D eigenvalue weighted by Gasteiger charge is -2.46. The maximum atomic E-state index is 5.69. The summed E-state index contributed by atoms with van der Waals surface area (Å²) in [5.74, 6) is 0.724. The first kappa shape index (κ1) is 16.0. The number of rotatable bonds is 4. The molecule has 1 saturated heterocycles. The van der Waals surface area contributed by atoms with Gasteiger partial charge in [0.1, 0.15) is 0 Å². The third kappa shape index (κ3) is 4.25. The van der Waals surface area contributed by atoms with Crippen LogP contribution in [-0.2, 0) is 0 Å². The van der Waals surface area contributed by atoms with E-state index in [0.717, 1.165) is 25.6 Å². The maximum absolute atomic E-state index is 5.69. The quantitative estimate of drug-likeness (QED) is 0.843. The predicted molar refractivity (Wildman–Crippen MR) is 81.1 cm³/mol. The summed E-state index contributed by atoms with van der Waals surface area (Å²) in [5.41, 5.74) is 1.95. The average Bonchev–Trinajstić information content (AvgIpc) is 2.34. The molecule has 0 radical (unpaired) electrons. The Labute approximate surface area is 118 Å². The van der Waals surface area contributed by atoms with Crippen molar-refractivity contribution in [2.75, 3.05) is 19.6 Å². The van der Waals surface area contributed by atoms with E-state index in [4.69, 9.17) is 11.6 Å². The van der Waals surface area contributed by atoms with Crippen LogP contribution in [0.25, 0.3) is 0 Å².